The molecule has 2 aromatic heterocycles. The summed E-state index contributed by atoms with van der Waals surface area (Å²) in [5.41, 5.74) is -1.02. The Hall–Kier alpha value is -3.72. The van der Waals surface area contributed by atoms with Gasteiger partial charge in [0.15, 0.2) is 5.75 Å². The van der Waals surface area contributed by atoms with Crippen LogP contribution in [0.15, 0.2) is 61.3 Å². The van der Waals surface area contributed by atoms with Gasteiger partial charge in [0.1, 0.15) is 29.2 Å². The second kappa shape index (κ2) is 8.57. The van der Waals surface area contributed by atoms with E-state index in [0.717, 1.165) is 0 Å². The van der Waals surface area contributed by atoms with E-state index in [4.69, 9.17) is 21.1 Å². The summed E-state index contributed by atoms with van der Waals surface area (Å²) in [6.45, 7) is 0. The van der Waals surface area contributed by atoms with Crippen LogP contribution in [0.3, 0.4) is 0 Å². The number of amides is 2. The normalized spacial score (nSPS) is 13.7. The van der Waals surface area contributed by atoms with Crippen molar-refractivity contribution in [3.63, 3.8) is 0 Å². The molecule has 9 nitrogen and oxygen atoms in total. The first-order valence-electron chi connectivity index (χ1n) is 9.38. The van der Waals surface area contributed by atoms with E-state index in [9.17, 15) is 9.59 Å². The number of aromatic nitrogens is 3. The zero-order valence-electron chi connectivity index (χ0n) is 16.5. The van der Waals surface area contributed by atoms with E-state index >= 15 is 0 Å². The molecule has 1 aliphatic rings. The SMILES string of the molecule is CN(C(=O)C1(NC(=O)Oc2cncnc2)CC1)c1ccc(Oc2ccccc2Cl)cn1. The standard InChI is InChI=1S/C21H18ClN5O4/c1-27(18-7-6-14(12-25-18)30-17-5-3-2-4-16(17)22)19(28)21(8-9-21)26-20(29)31-15-10-23-13-24-11-15/h2-7,10-13H,8-9H2,1H3,(H,26,29). The number of carbonyl (C=O) groups is 2. The molecule has 4 rings (SSSR count). The van der Waals surface area contributed by atoms with Gasteiger partial charge in [-0.15, -0.1) is 0 Å². The average Bonchev–Trinajstić information content (AvgIpc) is 3.56. The van der Waals surface area contributed by atoms with E-state index in [1.165, 1.54) is 29.8 Å². The molecule has 1 aliphatic carbocycles. The van der Waals surface area contributed by atoms with E-state index < -0.39 is 11.6 Å². The van der Waals surface area contributed by atoms with Gasteiger partial charge >= 0.3 is 6.09 Å². The van der Waals surface area contributed by atoms with Gasteiger partial charge in [-0.3, -0.25) is 9.69 Å². The fourth-order valence-electron chi connectivity index (χ4n) is 2.89. The Morgan fingerprint density at radius 1 is 1.06 bits per heavy atom. The maximum atomic E-state index is 13.0. The number of likely N-dealkylation sites (N-methyl/N-ethyl adjacent to an activating group) is 1. The summed E-state index contributed by atoms with van der Waals surface area (Å²) in [6.07, 6.45) is 5.80. The number of carbonyl (C=O) groups excluding carboxylic acids is 2. The van der Waals surface area contributed by atoms with Gasteiger partial charge in [-0.05, 0) is 37.1 Å². The number of rotatable bonds is 6. The molecule has 2 amide bonds. The number of hydrogen-bond donors (Lipinski definition) is 1. The topological polar surface area (TPSA) is 107 Å². The lowest BCUT2D eigenvalue weighted by Crippen LogP contribution is -2.50. The molecule has 31 heavy (non-hydrogen) atoms. The quantitative estimate of drug-likeness (QED) is 0.625. The first-order chi connectivity index (χ1) is 15.0. The Kier molecular flexibility index (Phi) is 5.68. The number of ether oxygens (including phenoxy) is 2. The predicted molar refractivity (Wildman–Crippen MR) is 112 cm³/mol. The Bertz CT molecular complexity index is 1090. The van der Waals surface area contributed by atoms with Gasteiger partial charge in [0.2, 0.25) is 0 Å². The summed E-state index contributed by atoms with van der Waals surface area (Å²) >= 11 is 6.10. The second-order valence-corrected chi connectivity index (χ2v) is 7.33. The number of hydrogen-bond acceptors (Lipinski definition) is 7. The number of nitrogens with one attached hydrogen (secondary N) is 1. The van der Waals surface area contributed by atoms with Crippen molar-refractivity contribution in [3.05, 3.63) is 66.3 Å². The summed E-state index contributed by atoms with van der Waals surface area (Å²) in [4.78, 5) is 38.4. The second-order valence-electron chi connectivity index (χ2n) is 6.92. The van der Waals surface area contributed by atoms with Gasteiger partial charge in [-0.2, -0.15) is 0 Å². The lowest BCUT2D eigenvalue weighted by Gasteiger charge is -2.23. The molecule has 1 saturated carbocycles. The van der Waals surface area contributed by atoms with Crippen LogP contribution in [0.25, 0.3) is 0 Å². The molecule has 0 unspecified atom stereocenters. The third-order valence-corrected chi connectivity index (χ3v) is 4.99. The van der Waals surface area contributed by atoms with Crippen LogP contribution < -0.4 is 19.7 Å². The summed E-state index contributed by atoms with van der Waals surface area (Å²) in [6, 6.07) is 10.4. The smallest absolute Gasteiger partial charge is 0.413 e. The van der Waals surface area contributed by atoms with Gasteiger partial charge in [-0.1, -0.05) is 23.7 Å². The molecular formula is C21H18ClN5O4. The largest absolute Gasteiger partial charge is 0.454 e. The van der Waals surface area contributed by atoms with Crippen molar-refractivity contribution >= 4 is 29.4 Å². The third-order valence-electron chi connectivity index (χ3n) is 4.68. The zero-order chi connectivity index (χ0) is 21.8. The van der Waals surface area contributed by atoms with E-state index in [2.05, 4.69) is 20.3 Å². The van der Waals surface area contributed by atoms with Gasteiger partial charge in [-0.25, -0.2) is 19.7 Å². The highest BCUT2D eigenvalue weighted by Crippen LogP contribution is 2.38. The van der Waals surface area contributed by atoms with Gasteiger partial charge in [0, 0.05) is 7.05 Å². The van der Waals surface area contributed by atoms with E-state index in [-0.39, 0.29) is 11.7 Å². The minimum absolute atomic E-state index is 0.187. The lowest BCUT2D eigenvalue weighted by atomic mass is 10.2. The Morgan fingerprint density at radius 2 is 1.81 bits per heavy atom. The molecule has 0 spiro atoms. The van der Waals surface area contributed by atoms with Crippen LogP contribution >= 0.6 is 11.6 Å². The predicted octanol–water partition coefficient (Wildman–Crippen LogP) is 3.60. The van der Waals surface area contributed by atoms with Crippen molar-refractivity contribution in [1.29, 1.82) is 0 Å². The molecule has 158 valence electrons. The van der Waals surface area contributed by atoms with Crippen molar-refractivity contribution < 1.29 is 19.1 Å². The molecule has 3 aromatic rings. The van der Waals surface area contributed by atoms with E-state index in [0.29, 0.717) is 35.2 Å². The highest BCUT2D eigenvalue weighted by atomic mass is 35.5. The first kappa shape index (κ1) is 20.5. The summed E-state index contributed by atoms with van der Waals surface area (Å²) in [7, 11) is 1.59. The molecule has 1 N–H and O–H groups in total. The van der Waals surface area contributed by atoms with Crippen molar-refractivity contribution in [2.75, 3.05) is 11.9 Å². The van der Waals surface area contributed by atoms with Crippen LogP contribution in [-0.2, 0) is 4.79 Å². The fraction of sp³-hybridized carbons (Fsp3) is 0.190. The van der Waals surface area contributed by atoms with E-state index in [1.807, 2.05) is 12.1 Å². The summed E-state index contributed by atoms with van der Waals surface area (Å²) in [5.74, 6) is 1.29. The minimum atomic E-state index is -1.02. The monoisotopic (exact) mass is 439 g/mol. The van der Waals surface area contributed by atoms with Gasteiger partial charge in [0.25, 0.3) is 5.91 Å². The van der Waals surface area contributed by atoms with Crippen LogP contribution in [0.5, 0.6) is 17.2 Å². The summed E-state index contributed by atoms with van der Waals surface area (Å²) in [5, 5.41) is 3.12. The Labute approximate surface area is 183 Å². The molecule has 10 heteroatoms. The number of pyridine rings is 1. The minimum Gasteiger partial charge on any atom is -0.454 e. The number of halogens is 1. The molecule has 1 fully saturated rings. The highest BCUT2D eigenvalue weighted by Gasteiger charge is 2.53. The molecule has 0 bridgehead atoms. The van der Waals surface area contributed by atoms with Crippen molar-refractivity contribution in [3.8, 4) is 17.2 Å². The van der Waals surface area contributed by atoms with Gasteiger partial charge < -0.3 is 14.8 Å². The van der Waals surface area contributed by atoms with Crippen LogP contribution in [0.2, 0.25) is 5.02 Å². The molecular weight excluding hydrogens is 422 g/mol. The zero-order valence-corrected chi connectivity index (χ0v) is 17.2. The van der Waals surface area contributed by atoms with Crippen LogP contribution in [0.4, 0.5) is 10.6 Å². The number of nitrogens with zero attached hydrogens (tertiary/aromatic N) is 4. The van der Waals surface area contributed by atoms with Crippen molar-refractivity contribution in [1.82, 2.24) is 20.3 Å². The summed E-state index contributed by atoms with van der Waals surface area (Å²) < 4.78 is 10.8. The molecule has 0 aliphatic heterocycles. The van der Waals surface area contributed by atoms with Crippen molar-refractivity contribution in [2.45, 2.75) is 18.4 Å². The molecule has 1 aromatic carbocycles. The molecule has 0 radical (unpaired) electrons. The first-order valence-corrected chi connectivity index (χ1v) is 9.76. The maximum Gasteiger partial charge on any atom is 0.413 e. The lowest BCUT2D eigenvalue weighted by molar-refractivity contribution is -0.121. The Balaban J connectivity index is 1.39. The van der Waals surface area contributed by atoms with Crippen molar-refractivity contribution in [2.24, 2.45) is 0 Å². The van der Waals surface area contributed by atoms with Crippen LogP contribution in [-0.4, -0.2) is 39.5 Å². The molecule has 0 saturated heterocycles. The highest BCUT2D eigenvalue weighted by molar-refractivity contribution is 6.32. The van der Waals surface area contributed by atoms with Gasteiger partial charge in [0.05, 0.1) is 23.6 Å². The number of benzene rings is 1. The number of para-hydroxylation sites is 1. The van der Waals surface area contributed by atoms with E-state index in [1.54, 1.807) is 31.3 Å². The number of anilines is 1. The molecule has 0 atom stereocenters. The Morgan fingerprint density at radius 3 is 2.45 bits per heavy atom. The maximum absolute atomic E-state index is 13.0. The fourth-order valence-corrected chi connectivity index (χ4v) is 3.07. The third kappa shape index (κ3) is 4.72. The average molecular weight is 440 g/mol. The van der Waals surface area contributed by atoms with Crippen LogP contribution in [0, 0.1) is 0 Å². The van der Waals surface area contributed by atoms with Crippen LogP contribution in [0.1, 0.15) is 12.8 Å². The molecule has 2 heterocycles.